The van der Waals surface area contributed by atoms with Gasteiger partial charge >= 0.3 is 0 Å². The predicted octanol–water partition coefficient (Wildman–Crippen LogP) is 7.65. The minimum absolute atomic E-state index is 0.0391. The number of sulfonamides is 2. The first-order valence-corrected chi connectivity index (χ1v) is 26.4. The van der Waals surface area contributed by atoms with E-state index < -0.39 is 66.5 Å². The second kappa shape index (κ2) is 22.7. The molecule has 14 nitrogen and oxygen atoms in total. The molecule has 71 heavy (non-hydrogen) atoms. The van der Waals surface area contributed by atoms with Crippen molar-refractivity contribution in [3.05, 3.63) is 174 Å². The lowest BCUT2D eigenvalue weighted by Gasteiger charge is -2.33. The third-order valence-electron chi connectivity index (χ3n) is 11.0. The van der Waals surface area contributed by atoms with Crippen molar-refractivity contribution in [1.29, 1.82) is 0 Å². The molecule has 0 bridgehead atoms. The average molecular weight is 1100 g/mol. The Hall–Kier alpha value is -5.79. The maximum absolute atomic E-state index is 14.0. The van der Waals surface area contributed by atoms with E-state index in [2.05, 4.69) is 10.6 Å². The molecule has 25 heteroatoms. The molecule has 0 spiro atoms. The summed E-state index contributed by atoms with van der Waals surface area (Å²) in [6.07, 6.45) is 0. The Morgan fingerprint density at radius 1 is 0.493 bits per heavy atom. The summed E-state index contributed by atoms with van der Waals surface area (Å²) in [5, 5.41) is 6.47. The quantitative estimate of drug-likeness (QED) is 0.118. The number of nitrogens with one attached hydrogen (secondary N) is 2. The topological polar surface area (TPSA) is 174 Å². The molecule has 6 aromatic rings. The van der Waals surface area contributed by atoms with Crippen LogP contribution in [0.25, 0.3) is 0 Å². The lowest BCUT2D eigenvalue weighted by Crippen LogP contribution is -2.50. The second-order valence-corrected chi connectivity index (χ2v) is 23.1. The van der Waals surface area contributed by atoms with Gasteiger partial charge < -0.3 is 20.4 Å². The Morgan fingerprint density at radius 3 is 1.30 bits per heavy atom. The molecule has 0 atom stereocenters. The number of hydrogen-bond acceptors (Lipinski definition) is 10. The van der Waals surface area contributed by atoms with Crippen molar-refractivity contribution in [1.82, 2.24) is 29.0 Å². The highest BCUT2D eigenvalue weighted by atomic mass is 35.5. The van der Waals surface area contributed by atoms with Gasteiger partial charge in [0, 0.05) is 101 Å². The van der Waals surface area contributed by atoms with E-state index in [1.54, 1.807) is 60.7 Å². The van der Waals surface area contributed by atoms with Crippen LogP contribution in [0.4, 0.5) is 22.0 Å². The highest BCUT2D eigenvalue weighted by molar-refractivity contribution is 7.91. The zero-order valence-electron chi connectivity index (χ0n) is 36.7. The number of nitrogens with zero attached hydrogens (tertiary/aromatic N) is 4. The summed E-state index contributed by atoms with van der Waals surface area (Å²) < 4.78 is 123. The van der Waals surface area contributed by atoms with Gasteiger partial charge in [0.1, 0.15) is 43.1 Å². The van der Waals surface area contributed by atoms with Crippen molar-refractivity contribution in [3.8, 4) is 0 Å². The maximum atomic E-state index is 14.0. The molecule has 0 saturated carbocycles. The molecule has 0 unspecified atom stereocenters. The first kappa shape index (κ1) is 53.0. The van der Waals surface area contributed by atoms with Crippen LogP contribution in [-0.4, -0.2) is 111 Å². The van der Waals surface area contributed by atoms with Crippen LogP contribution in [0.2, 0.25) is 10.0 Å². The predicted molar refractivity (Wildman–Crippen MR) is 256 cm³/mol. The summed E-state index contributed by atoms with van der Waals surface area (Å²) in [6.45, 7) is 0.154. The Morgan fingerprint density at radius 2 is 0.887 bits per heavy atom. The highest BCUT2D eigenvalue weighted by Gasteiger charge is 2.34. The molecule has 2 aliphatic rings. The molecule has 4 amide bonds. The zero-order valence-corrected chi connectivity index (χ0v) is 41.5. The van der Waals surface area contributed by atoms with Crippen molar-refractivity contribution in [2.24, 2.45) is 0 Å². The van der Waals surface area contributed by atoms with Gasteiger partial charge in [0.15, 0.2) is 0 Å². The largest absolute Gasteiger partial charge is 0.347 e. The Bertz CT molecular complexity index is 3160. The standard InChI is InChI=1S/C23H19ClF3N3O4S2.C23H20ClF2N3O4S2/c24-15-3-1-14(2-4-15)22(31)28-13-17-5-6-20(35-17)36(33,34)30-9-7-29(8-10-30)23(32)21-18(26)11-16(25)12-19(21)27;24-16-3-1-15(2-4-16)22(30)27-14-18-6-8-21(34-18)35(32,33)29-11-9-28(10-12-29)23(31)19-7-5-17(25)13-20(19)26/h1-6,11-12H,7-10,13H2,(H,28,31);1-8,13H,9-12,14H2,(H,27,30). The molecule has 2 aromatic heterocycles. The number of hydrogen-bond donors (Lipinski definition) is 2. The SMILES string of the molecule is O=C(NCc1ccc(S(=O)(=O)N2CCN(C(=O)c3c(F)cc(F)cc3F)CC2)s1)c1ccc(Cl)cc1.O=C(NCc1ccc(S(=O)(=O)N2CCN(C(=O)c3ccc(F)cc3F)CC2)s1)c1ccc(Cl)cc1. The fourth-order valence-corrected chi connectivity index (χ4v) is 13.2. The minimum atomic E-state index is -3.88. The summed E-state index contributed by atoms with van der Waals surface area (Å²) in [5.74, 6) is -7.75. The number of piperazine rings is 2. The molecule has 2 saturated heterocycles. The number of thiophene rings is 2. The molecule has 2 fully saturated rings. The molecular formula is C46H39Cl2F5N6O8S4. The van der Waals surface area contributed by atoms with Crippen molar-refractivity contribution in [2.45, 2.75) is 21.5 Å². The fraction of sp³-hybridized carbons (Fsp3) is 0.217. The van der Waals surface area contributed by atoms with Crippen molar-refractivity contribution < 1.29 is 58.0 Å². The Balaban J connectivity index is 0.000000209. The third kappa shape index (κ3) is 12.8. The zero-order chi connectivity index (χ0) is 51.2. The lowest BCUT2D eigenvalue weighted by atomic mass is 10.1. The molecule has 4 heterocycles. The van der Waals surface area contributed by atoms with Crippen LogP contribution in [0.5, 0.6) is 0 Å². The minimum Gasteiger partial charge on any atom is -0.347 e. The normalized spacial score (nSPS) is 14.6. The van der Waals surface area contributed by atoms with Gasteiger partial charge in [-0.25, -0.2) is 38.8 Å². The number of carbonyl (C=O) groups is 4. The number of benzene rings is 4. The van der Waals surface area contributed by atoms with Gasteiger partial charge in [0.05, 0.1) is 18.7 Å². The lowest BCUT2D eigenvalue weighted by molar-refractivity contribution is 0.0683. The van der Waals surface area contributed by atoms with Gasteiger partial charge in [0.2, 0.25) is 0 Å². The van der Waals surface area contributed by atoms with E-state index in [1.807, 2.05) is 0 Å². The number of carbonyl (C=O) groups excluding carboxylic acids is 4. The molecule has 8 rings (SSSR count). The van der Waals surface area contributed by atoms with Gasteiger partial charge in [-0.3, -0.25) is 19.2 Å². The number of rotatable bonds is 12. The third-order valence-corrected chi connectivity index (χ3v) is 18.4. The molecule has 2 N–H and O–H groups in total. The van der Waals surface area contributed by atoms with Crippen molar-refractivity contribution >= 4 is 89.6 Å². The van der Waals surface area contributed by atoms with Gasteiger partial charge in [-0.15, -0.1) is 22.7 Å². The monoisotopic (exact) mass is 1100 g/mol. The summed E-state index contributed by atoms with van der Waals surface area (Å²) in [4.78, 5) is 53.4. The molecule has 0 radical (unpaired) electrons. The summed E-state index contributed by atoms with van der Waals surface area (Å²) in [7, 11) is -7.69. The van der Waals surface area contributed by atoms with E-state index in [0.29, 0.717) is 49.1 Å². The Labute approximate surface area is 422 Å². The van der Waals surface area contributed by atoms with Gasteiger partial charge in [-0.2, -0.15) is 8.61 Å². The summed E-state index contributed by atoms with van der Waals surface area (Å²) in [5.41, 5.74) is -0.286. The maximum Gasteiger partial charge on any atom is 0.259 e. The van der Waals surface area contributed by atoms with Crippen LogP contribution in [0, 0.1) is 29.1 Å². The summed E-state index contributed by atoms with van der Waals surface area (Å²) >= 11 is 13.7. The van der Waals surface area contributed by atoms with Crippen LogP contribution in [-0.2, 0) is 33.1 Å². The van der Waals surface area contributed by atoms with Crippen LogP contribution >= 0.6 is 45.9 Å². The van der Waals surface area contributed by atoms with E-state index in [9.17, 15) is 58.0 Å². The molecule has 374 valence electrons. The first-order chi connectivity index (χ1) is 33.7. The Kier molecular flexibility index (Phi) is 17.0. The van der Waals surface area contributed by atoms with Crippen LogP contribution in [0.1, 0.15) is 51.2 Å². The number of amides is 4. The van der Waals surface area contributed by atoms with Crippen molar-refractivity contribution in [3.63, 3.8) is 0 Å². The van der Waals surface area contributed by atoms with E-state index in [1.165, 1.54) is 25.6 Å². The molecule has 2 aliphatic heterocycles. The van der Waals surface area contributed by atoms with E-state index >= 15 is 0 Å². The fourth-order valence-electron chi connectivity index (χ4n) is 7.18. The first-order valence-electron chi connectivity index (χ1n) is 21.1. The second-order valence-electron chi connectivity index (χ2n) is 15.6. The molecule has 0 aliphatic carbocycles. The molecule has 4 aromatic carbocycles. The van der Waals surface area contributed by atoms with Crippen LogP contribution < -0.4 is 10.6 Å². The van der Waals surface area contributed by atoms with Gasteiger partial charge in [-0.05, 0) is 84.9 Å². The highest BCUT2D eigenvalue weighted by Crippen LogP contribution is 2.29. The van der Waals surface area contributed by atoms with E-state index in [0.717, 1.165) is 39.7 Å². The van der Waals surface area contributed by atoms with E-state index in [-0.39, 0.29) is 91.2 Å². The van der Waals surface area contributed by atoms with Crippen LogP contribution in [0.3, 0.4) is 0 Å². The van der Waals surface area contributed by atoms with Gasteiger partial charge in [-0.1, -0.05) is 23.2 Å². The van der Waals surface area contributed by atoms with Gasteiger partial charge in [0.25, 0.3) is 43.7 Å². The molecular weight excluding hydrogens is 1060 g/mol. The van der Waals surface area contributed by atoms with E-state index in [4.69, 9.17) is 23.2 Å². The smallest absolute Gasteiger partial charge is 0.259 e. The van der Waals surface area contributed by atoms with Crippen molar-refractivity contribution in [2.75, 3.05) is 52.4 Å². The summed E-state index contributed by atoms with van der Waals surface area (Å²) in [6, 6.07) is 22.4. The average Bonchev–Trinajstić information content (AvgIpc) is 4.05. The number of halogens is 7. The van der Waals surface area contributed by atoms with Crippen LogP contribution in [0.15, 0.2) is 112 Å².